The lowest BCUT2D eigenvalue weighted by Gasteiger charge is -2.23. The van der Waals surface area contributed by atoms with E-state index in [4.69, 9.17) is 4.74 Å². The molecular weight excluding hydrogens is 343 g/mol. The molecule has 26 heavy (non-hydrogen) atoms. The second kappa shape index (κ2) is 8.87. The van der Waals surface area contributed by atoms with Crippen molar-refractivity contribution in [2.24, 2.45) is 0 Å². The third-order valence-electron chi connectivity index (χ3n) is 4.01. The number of halogens is 3. The first kappa shape index (κ1) is 20.0. The maximum Gasteiger partial charge on any atom is 0.421 e. The van der Waals surface area contributed by atoms with Crippen LogP contribution in [0.4, 0.5) is 24.7 Å². The molecule has 0 unspecified atom stereocenters. The largest absolute Gasteiger partial charge is 0.464 e. The number of ether oxygens (including phenoxy) is 1. The van der Waals surface area contributed by atoms with E-state index in [0.717, 1.165) is 37.4 Å². The predicted octanol–water partition coefficient (Wildman–Crippen LogP) is 5.39. The second-order valence-corrected chi connectivity index (χ2v) is 6.01. The number of benzene rings is 1. The molecule has 0 N–H and O–H groups in total. The normalized spacial score (nSPS) is 11.5. The number of unbranched alkanes of at least 4 members (excludes halogenated alkanes) is 2. The molecule has 0 atom stereocenters. The highest BCUT2D eigenvalue weighted by Gasteiger charge is 2.36. The number of nitrogens with zero attached hydrogens (tertiary/aromatic N) is 3. The van der Waals surface area contributed by atoms with Gasteiger partial charge in [0, 0.05) is 18.9 Å². The summed E-state index contributed by atoms with van der Waals surface area (Å²) in [5, 5.41) is 0. The number of aromatic nitrogens is 2. The van der Waals surface area contributed by atoms with E-state index >= 15 is 0 Å². The van der Waals surface area contributed by atoms with Crippen molar-refractivity contribution in [1.82, 2.24) is 9.97 Å². The van der Waals surface area contributed by atoms with Crippen LogP contribution in [0.15, 0.2) is 30.5 Å². The van der Waals surface area contributed by atoms with Gasteiger partial charge < -0.3 is 9.64 Å². The van der Waals surface area contributed by atoms with Gasteiger partial charge in [0.2, 0.25) is 0 Å². The summed E-state index contributed by atoms with van der Waals surface area (Å²) in [5.74, 6) is -0.221. The van der Waals surface area contributed by atoms with E-state index in [1.54, 1.807) is 20.0 Å². The molecular formula is C19H24F3N3O. The minimum absolute atomic E-state index is 0.0681. The van der Waals surface area contributed by atoms with Crippen LogP contribution in [0.5, 0.6) is 6.01 Å². The van der Waals surface area contributed by atoms with E-state index in [2.05, 4.69) is 16.9 Å². The lowest BCUT2D eigenvalue weighted by atomic mass is 10.1. The summed E-state index contributed by atoms with van der Waals surface area (Å²) in [6.07, 6.45) is 0.425. The molecule has 0 aliphatic heterocycles. The lowest BCUT2D eigenvalue weighted by Crippen LogP contribution is -2.19. The molecule has 0 saturated carbocycles. The van der Waals surface area contributed by atoms with Gasteiger partial charge >= 0.3 is 12.2 Å². The molecule has 1 aromatic carbocycles. The molecule has 1 heterocycles. The molecule has 0 radical (unpaired) electrons. The van der Waals surface area contributed by atoms with Crippen molar-refractivity contribution in [2.45, 2.75) is 45.7 Å². The van der Waals surface area contributed by atoms with Crippen molar-refractivity contribution in [3.8, 4) is 6.01 Å². The van der Waals surface area contributed by atoms with Crippen molar-refractivity contribution in [2.75, 3.05) is 18.6 Å². The van der Waals surface area contributed by atoms with Gasteiger partial charge in [0.25, 0.3) is 0 Å². The van der Waals surface area contributed by atoms with Gasteiger partial charge in [-0.1, -0.05) is 31.9 Å². The molecule has 142 valence electrons. The highest BCUT2D eigenvalue weighted by molar-refractivity contribution is 5.63. The van der Waals surface area contributed by atoms with Crippen molar-refractivity contribution in [1.29, 1.82) is 0 Å². The van der Waals surface area contributed by atoms with Gasteiger partial charge in [-0.25, -0.2) is 4.98 Å². The summed E-state index contributed by atoms with van der Waals surface area (Å²) in [5.41, 5.74) is 0.848. The quantitative estimate of drug-likeness (QED) is 0.586. The first-order valence-electron chi connectivity index (χ1n) is 8.76. The van der Waals surface area contributed by atoms with Crippen LogP contribution in [0.3, 0.4) is 0 Å². The Kier molecular flexibility index (Phi) is 6.83. The Morgan fingerprint density at radius 3 is 2.58 bits per heavy atom. The van der Waals surface area contributed by atoms with Crippen LogP contribution in [-0.2, 0) is 12.6 Å². The molecule has 0 saturated heterocycles. The predicted molar refractivity (Wildman–Crippen MR) is 95.9 cm³/mol. The Morgan fingerprint density at radius 1 is 1.15 bits per heavy atom. The molecule has 0 aliphatic carbocycles. The Hall–Kier alpha value is -2.31. The van der Waals surface area contributed by atoms with Crippen LogP contribution in [0.2, 0.25) is 0 Å². The fourth-order valence-electron chi connectivity index (χ4n) is 2.63. The highest BCUT2D eigenvalue weighted by atomic mass is 19.4. The van der Waals surface area contributed by atoms with Crippen LogP contribution < -0.4 is 9.64 Å². The van der Waals surface area contributed by atoms with Crippen molar-refractivity contribution >= 4 is 11.5 Å². The fourth-order valence-corrected chi connectivity index (χ4v) is 2.63. The Balaban J connectivity index is 2.36. The maximum atomic E-state index is 13.4. The van der Waals surface area contributed by atoms with Crippen molar-refractivity contribution in [3.63, 3.8) is 0 Å². The molecule has 2 aromatic rings. The van der Waals surface area contributed by atoms with Crippen LogP contribution >= 0.6 is 0 Å². The molecule has 2 rings (SSSR count). The van der Waals surface area contributed by atoms with Gasteiger partial charge in [-0.3, -0.25) is 0 Å². The fraction of sp³-hybridized carbons (Fsp3) is 0.474. The second-order valence-electron chi connectivity index (χ2n) is 6.01. The van der Waals surface area contributed by atoms with Gasteiger partial charge in [0.05, 0.1) is 6.61 Å². The van der Waals surface area contributed by atoms with E-state index in [0.29, 0.717) is 5.69 Å². The van der Waals surface area contributed by atoms with Gasteiger partial charge in [-0.15, -0.1) is 0 Å². The minimum Gasteiger partial charge on any atom is -0.464 e. The average Bonchev–Trinajstić information content (AvgIpc) is 2.61. The van der Waals surface area contributed by atoms with Crippen molar-refractivity contribution in [3.05, 3.63) is 41.6 Å². The maximum absolute atomic E-state index is 13.4. The number of hydrogen-bond donors (Lipinski definition) is 0. The van der Waals surface area contributed by atoms with Gasteiger partial charge in [-0.05, 0) is 37.5 Å². The molecule has 0 spiro atoms. The SMILES string of the molecule is CCCCCc1cccc(N(C)c2nc(OCC)ncc2C(F)(F)F)c1. The van der Waals surface area contributed by atoms with E-state index < -0.39 is 11.7 Å². The average molecular weight is 367 g/mol. The number of alkyl halides is 3. The molecule has 0 bridgehead atoms. The number of rotatable bonds is 8. The van der Waals surface area contributed by atoms with E-state index in [1.165, 1.54) is 4.90 Å². The zero-order chi connectivity index (χ0) is 19.2. The minimum atomic E-state index is -4.55. The monoisotopic (exact) mass is 367 g/mol. The summed E-state index contributed by atoms with van der Waals surface area (Å²) in [7, 11) is 1.57. The third kappa shape index (κ3) is 5.09. The van der Waals surface area contributed by atoms with E-state index in [9.17, 15) is 13.2 Å². The molecule has 4 nitrogen and oxygen atoms in total. The zero-order valence-corrected chi connectivity index (χ0v) is 15.3. The van der Waals surface area contributed by atoms with Crippen molar-refractivity contribution < 1.29 is 17.9 Å². The molecule has 0 amide bonds. The van der Waals surface area contributed by atoms with Crippen LogP contribution in [-0.4, -0.2) is 23.6 Å². The highest BCUT2D eigenvalue weighted by Crippen LogP contribution is 2.37. The smallest absolute Gasteiger partial charge is 0.421 e. The van der Waals surface area contributed by atoms with Gasteiger partial charge in [-0.2, -0.15) is 18.2 Å². The van der Waals surface area contributed by atoms with Crippen LogP contribution in [0, 0.1) is 0 Å². The number of aryl methyl sites for hydroxylation is 1. The Labute approximate surface area is 152 Å². The molecule has 0 fully saturated rings. The standard InChI is InChI=1S/C19H24F3N3O/c1-4-6-7-9-14-10-8-11-15(12-14)25(3)17-16(19(20,21)22)13-23-18(24-17)26-5-2/h8,10-13H,4-7,9H2,1-3H3. The topological polar surface area (TPSA) is 38.2 Å². The first-order chi connectivity index (χ1) is 12.4. The lowest BCUT2D eigenvalue weighted by molar-refractivity contribution is -0.137. The summed E-state index contributed by atoms with van der Waals surface area (Å²) in [6, 6.07) is 7.44. The number of hydrogen-bond acceptors (Lipinski definition) is 4. The van der Waals surface area contributed by atoms with Crippen LogP contribution in [0.25, 0.3) is 0 Å². The summed E-state index contributed by atoms with van der Waals surface area (Å²) in [6.45, 7) is 4.14. The van der Waals surface area contributed by atoms with E-state index in [1.807, 2.05) is 18.2 Å². The summed E-state index contributed by atoms with van der Waals surface area (Å²) < 4.78 is 45.3. The van der Waals surface area contributed by atoms with Crippen LogP contribution in [0.1, 0.15) is 44.2 Å². The van der Waals surface area contributed by atoms with Gasteiger partial charge in [0.15, 0.2) is 5.82 Å². The molecule has 7 heteroatoms. The molecule has 0 aliphatic rings. The first-order valence-corrected chi connectivity index (χ1v) is 8.76. The zero-order valence-electron chi connectivity index (χ0n) is 15.3. The van der Waals surface area contributed by atoms with E-state index in [-0.39, 0.29) is 18.4 Å². The Morgan fingerprint density at radius 2 is 1.92 bits per heavy atom. The Bertz CT molecular complexity index is 719. The summed E-state index contributed by atoms with van der Waals surface area (Å²) in [4.78, 5) is 9.07. The summed E-state index contributed by atoms with van der Waals surface area (Å²) >= 11 is 0. The molecule has 1 aromatic heterocycles. The van der Waals surface area contributed by atoms with Gasteiger partial charge in [0.1, 0.15) is 5.56 Å². The number of anilines is 2. The third-order valence-corrected chi connectivity index (χ3v) is 4.01.